The Morgan fingerprint density at radius 3 is 2.30 bits per heavy atom. The summed E-state index contributed by atoms with van der Waals surface area (Å²) in [6.45, 7) is 0.512. The fourth-order valence-corrected chi connectivity index (χ4v) is 3.46. The molecule has 148 valence electrons. The summed E-state index contributed by atoms with van der Waals surface area (Å²) in [6.07, 6.45) is 1.23. The van der Waals surface area contributed by atoms with Crippen LogP contribution in [0, 0.1) is 0 Å². The maximum absolute atomic E-state index is 12.6. The third kappa shape index (κ3) is 3.51. The number of fused-ring (bicyclic) bond motifs is 1. The molecule has 1 aliphatic rings. The Labute approximate surface area is 174 Å². The van der Waals surface area contributed by atoms with Crippen LogP contribution in [0.5, 0.6) is 5.75 Å². The van der Waals surface area contributed by atoms with Crippen molar-refractivity contribution in [2.24, 2.45) is 0 Å². The van der Waals surface area contributed by atoms with Crippen molar-refractivity contribution in [2.75, 3.05) is 5.32 Å². The van der Waals surface area contributed by atoms with E-state index in [4.69, 9.17) is 4.74 Å². The quantitative estimate of drug-likeness (QED) is 0.528. The van der Waals surface area contributed by atoms with Crippen molar-refractivity contribution in [1.29, 1.82) is 0 Å². The molecule has 6 nitrogen and oxygen atoms in total. The average molecular weight is 396 g/mol. The molecular formula is C24H20N4O2. The summed E-state index contributed by atoms with van der Waals surface area (Å²) in [5.74, 6) is 1.31. The lowest BCUT2D eigenvalue weighted by Crippen LogP contribution is -2.38. The fourth-order valence-electron chi connectivity index (χ4n) is 3.46. The highest BCUT2D eigenvalue weighted by Gasteiger charge is 2.28. The zero-order chi connectivity index (χ0) is 20.3. The van der Waals surface area contributed by atoms with Crippen molar-refractivity contribution >= 4 is 11.7 Å². The molecule has 2 N–H and O–H groups in total. The average Bonchev–Trinajstić information content (AvgIpc) is 3.24. The molecule has 1 aliphatic heterocycles. The van der Waals surface area contributed by atoms with E-state index in [-0.39, 0.29) is 12.1 Å². The van der Waals surface area contributed by atoms with Gasteiger partial charge in [-0.15, -0.1) is 0 Å². The lowest BCUT2D eigenvalue weighted by Gasteiger charge is -2.27. The third-order valence-corrected chi connectivity index (χ3v) is 5.03. The summed E-state index contributed by atoms with van der Waals surface area (Å²) in [4.78, 5) is 12.6. The lowest BCUT2D eigenvalue weighted by atomic mass is 10.1. The van der Waals surface area contributed by atoms with Crippen molar-refractivity contribution in [3.05, 3.63) is 108 Å². The molecule has 6 heteroatoms. The molecule has 5 rings (SSSR count). The molecule has 2 heterocycles. The number of nitrogens with one attached hydrogen (secondary N) is 2. The van der Waals surface area contributed by atoms with Gasteiger partial charge in [-0.05, 0) is 35.4 Å². The molecule has 0 spiro atoms. The highest BCUT2D eigenvalue weighted by atomic mass is 16.5. The van der Waals surface area contributed by atoms with E-state index in [1.165, 1.54) is 0 Å². The van der Waals surface area contributed by atoms with Gasteiger partial charge in [0.25, 0.3) is 5.91 Å². The van der Waals surface area contributed by atoms with Crippen LogP contribution >= 0.6 is 0 Å². The molecule has 0 aliphatic carbocycles. The zero-order valence-electron chi connectivity index (χ0n) is 16.2. The van der Waals surface area contributed by atoms with Crippen molar-refractivity contribution in [2.45, 2.75) is 12.8 Å². The van der Waals surface area contributed by atoms with Crippen molar-refractivity contribution in [1.82, 2.24) is 15.1 Å². The van der Waals surface area contributed by atoms with Crippen molar-refractivity contribution in [3.63, 3.8) is 0 Å². The van der Waals surface area contributed by atoms with Crippen LogP contribution in [-0.4, -0.2) is 15.7 Å². The minimum Gasteiger partial charge on any atom is -0.489 e. The first-order valence-electron chi connectivity index (χ1n) is 9.75. The van der Waals surface area contributed by atoms with Gasteiger partial charge in [0.2, 0.25) is 0 Å². The Balaban J connectivity index is 1.34. The molecule has 0 saturated carbocycles. The Morgan fingerprint density at radius 2 is 1.57 bits per heavy atom. The van der Waals surface area contributed by atoms with E-state index in [1.807, 2.05) is 84.9 Å². The van der Waals surface area contributed by atoms with E-state index >= 15 is 0 Å². The molecule has 0 fully saturated rings. The molecule has 1 aromatic heterocycles. The van der Waals surface area contributed by atoms with Crippen LogP contribution in [-0.2, 0) is 6.61 Å². The van der Waals surface area contributed by atoms with Crippen LogP contribution in [0.1, 0.15) is 27.7 Å². The van der Waals surface area contributed by atoms with Gasteiger partial charge < -0.3 is 15.4 Å². The van der Waals surface area contributed by atoms with Gasteiger partial charge in [-0.25, -0.2) is 4.68 Å². The molecule has 1 amide bonds. The summed E-state index contributed by atoms with van der Waals surface area (Å²) >= 11 is 0. The second-order valence-electron chi connectivity index (χ2n) is 7.05. The number of ether oxygens (including phenoxy) is 1. The minimum atomic E-state index is -0.354. The summed E-state index contributed by atoms with van der Waals surface area (Å²) in [7, 11) is 0. The first-order chi connectivity index (χ1) is 14.8. The van der Waals surface area contributed by atoms with Crippen molar-refractivity contribution < 1.29 is 9.53 Å². The molecule has 0 saturated heterocycles. The highest BCUT2D eigenvalue weighted by Crippen LogP contribution is 2.29. The van der Waals surface area contributed by atoms with Crippen LogP contribution in [0.2, 0.25) is 0 Å². The maximum atomic E-state index is 12.6. The summed E-state index contributed by atoms with van der Waals surface area (Å²) in [6, 6.07) is 27.5. The van der Waals surface area contributed by atoms with E-state index in [1.54, 1.807) is 10.9 Å². The number of rotatable bonds is 5. The highest BCUT2D eigenvalue weighted by molar-refractivity contribution is 6.01. The maximum Gasteiger partial charge on any atom is 0.258 e. The number of carbonyl (C=O) groups is 1. The smallest absolute Gasteiger partial charge is 0.258 e. The number of benzene rings is 3. The fraction of sp³-hybridized carbons (Fsp3) is 0.0833. The normalized spacial score (nSPS) is 15.1. The zero-order valence-corrected chi connectivity index (χ0v) is 16.2. The van der Waals surface area contributed by atoms with E-state index in [0.29, 0.717) is 18.0 Å². The van der Waals surface area contributed by atoms with Gasteiger partial charge in [-0.3, -0.25) is 4.79 Å². The second-order valence-corrected chi connectivity index (χ2v) is 7.05. The van der Waals surface area contributed by atoms with Gasteiger partial charge in [-0.1, -0.05) is 60.7 Å². The second kappa shape index (κ2) is 7.75. The Morgan fingerprint density at radius 1 is 0.867 bits per heavy atom. The van der Waals surface area contributed by atoms with E-state index in [2.05, 4.69) is 15.7 Å². The number of anilines is 1. The van der Waals surface area contributed by atoms with Gasteiger partial charge in [0, 0.05) is 0 Å². The summed E-state index contributed by atoms with van der Waals surface area (Å²) in [5.41, 5.74) is 3.47. The molecular weight excluding hydrogens is 376 g/mol. The van der Waals surface area contributed by atoms with Crippen LogP contribution < -0.4 is 15.4 Å². The molecule has 0 bridgehead atoms. The van der Waals surface area contributed by atoms with Gasteiger partial charge in [0.1, 0.15) is 29.9 Å². The number of hydrogen-bond acceptors (Lipinski definition) is 4. The van der Waals surface area contributed by atoms with E-state index < -0.39 is 0 Å². The van der Waals surface area contributed by atoms with Crippen LogP contribution in [0.25, 0.3) is 5.69 Å². The standard InChI is InChI=1S/C24H20N4O2/c29-24-21-15-25-28(19-9-5-2-6-10-19)23(21)26-22(27-24)18-11-13-20(14-12-18)30-16-17-7-3-1-4-8-17/h1-15,22,26H,16H2,(H,27,29)/t22-/m1/s1. The molecule has 0 radical (unpaired) electrons. The lowest BCUT2D eigenvalue weighted by molar-refractivity contribution is 0.0935. The molecule has 3 aromatic carbocycles. The van der Waals surface area contributed by atoms with Crippen LogP contribution in [0.15, 0.2) is 91.1 Å². The number of carbonyl (C=O) groups excluding carboxylic acids is 1. The first-order valence-corrected chi connectivity index (χ1v) is 9.75. The Hall–Kier alpha value is -4.06. The van der Waals surface area contributed by atoms with E-state index in [0.717, 1.165) is 22.6 Å². The number of aromatic nitrogens is 2. The third-order valence-electron chi connectivity index (χ3n) is 5.03. The first kappa shape index (κ1) is 18.0. The van der Waals surface area contributed by atoms with Crippen molar-refractivity contribution in [3.8, 4) is 11.4 Å². The SMILES string of the molecule is O=C1N[C@H](c2ccc(OCc3ccccc3)cc2)Nc2c1cnn2-c1ccccc1. The topological polar surface area (TPSA) is 68.2 Å². The predicted octanol–water partition coefficient (Wildman–Crippen LogP) is 4.31. The minimum absolute atomic E-state index is 0.152. The number of para-hydroxylation sites is 1. The van der Waals surface area contributed by atoms with Gasteiger partial charge >= 0.3 is 0 Å². The van der Waals surface area contributed by atoms with Gasteiger partial charge in [0.05, 0.1) is 11.9 Å². The summed E-state index contributed by atoms with van der Waals surface area (Å²) in [5, 5.41) is 10.8. The van der Waals surface area contributed by atoms with Crippen LogP contribution in [0.3, 0.4) is 0 Å². The van der Waals surface area contributed by atoms with Crippen LogP contribution in [0.4, 0.5) is 5.82 Å². The predicted molar refractivity (Wildman–Crippen MR) is 115 cm³/mol. The van der Waals surface area contributed by atoms with E-state index in [9.17, 15) is 4.79 Å². The summed E-state index contributed by atoms with van der Waals surface area (Å²) < 4.78 is 7.60. The monoisotopic (exact) mass is 396 g/mol. The number of amides is 1. The molecule has 1 atom stereocenters. The van der Waals surface area contributed by atoms with Gasteiger partial charge in [0.15, 0.2) is 0 Å². The number of hydrogen-bond donors (Lipinski definition) is 2. The molecule has 0 unspecified atom stereocenters. The Bertz CT molecular complexity index is 1160. The largest absolute Gasteiger partial charge is 0.489 e. The van der Waals surface area contributed by atoms with Gasteiger partial charge in [-0.2, -0.15) is 5.10 Å². The molecule has 4 aromatic rings. The molecule has 30 heavy (non-hydrogen) atoms. The Kier molecular flexibility index (Phi) is 4.65. The number of nitrogens with zero attached hydrogens (tertiary/aromatic N) is 2.